The Kier molecular flexibility index (Phi) is 3.26. The third-order valence-electron chi connectivity index (χ3n) is 2.73. The average Bonchev–Trinajstić information content (AvgIpc) is 2.28. The molecule has 1 aliphatic rings. The lowest BCUT2D eigenvalue weighted by molar-refractivity contribution is 0.0696. The zero-order valence-electron chi connectivity index (χ0n) is 10.4. The van der Waals surface area contributed by atoms with Gasteiger partial charge in [0.05, 0.1) is 12.2 Å². The largest absolute Gasteiger partial charge is 0.486 e. The van der Waals surface area contributed by atoms with Crippen molar-refractivity contribution in [1.29, 1.82) is 0 Å². The molecule has 0 radical (unpaired) electrons. The van der Waals surface area contributed by atoms with Crippen molar-refractivity contribution in [3.05, 3.63) is 23.3 Å². The first-order chi connectivity index (χ1) is 8.04. The van der Waals surface area contributed by atoms with E-state index in [-0.39, 0.29) is 0 Å². The van der Waals surface area contributed by atoms with E-state index in [0.717, 1.165) is 11.1 Å². The molecule has 4 nitrogen and oxygen atoms in total. The Bertz CT molecular complexity index is 407. The Morgan fingerprint density at radius 1 is 1.24 bits per heavy atom. The van der Waals surface area contributed by atoms with Gasteiger partial charge in [-0.15, -0.1) is 0 Å². The zero-order chi connectivity index (χ0) is 12.5. The van der Waals surface area contributed by atoms with Crippen molar-refractivity contribution in [3.63, 3.8) is 0 Å². The van der Waals surface area contributed by atoms with Gasteiger partial charge >= 0.3 is 0 Å². The van der Waals surface area contributed by atoms with Gasteiger partial charge in [0.1, 0.15) is 13.2 Å². The minimum atomic E-state index is -0.948. The summed E-state index contributed by atoms with van der Waals surface area (Å²) < 4.78 is 16.4. The Morgan fingerprint density at radius 3 is 2.47 bits per heavy atom. The summed E-state index contributed by atoms with van der Waals surface area (Å²) in [7, 11) is 1.64. The minimum absolute atomic E-state index is 0.470. The van der Waals surface area contributed by atoms with Gasteiger partial charge in [0.2, 0.25) is 0 Å². The standard InChI is InChI=1S/C13H18O4/c1-13(2,14)10-5-4-9(8-15-3)11-12(10)17-7-6-16-11/h4-5,14H,6-8H2,1-3H3. The molecule has 1 aliphatic heterocycles. The van der Waals surface area contributed by atoms with Crippen LogP contribution >= 0.6 is 0 Å². The van der Waals surface area contributed by atoms with Gasteiger partial charge in [0, 0.05) is 18.2 Å². The molecule has 2 rings (SSSR count). The molecular weight excluding hydrogens is 220 g/mol. The normalized spacial score (nSPS) is 14.8. The van der Waals surface area contributed by atoms with E-state index in [1.165, 1.54) is 0 Å². The number of hydrogen-bond acceptors (Lipinski definition) is 4. The molecule has 0 unspecified atom stereocenters. The fraction of sp³-hybridized carbons (Fsp3) is 0.538. The number of rotatable bonds is 3. The third kappa shape index (κ3) is 2.37. The van der Waals surface area contributed by atoms with Crippen LogP contribution in [0.5, 0.6) is 11.5 Å². The lowest BCUT2D eigenvalue weighted by Crippen LogP contribution is -2.23. The van der Waals surface area contributed by atoms with E-state index in [4.69, 9.17) is 14.2 Å². The van der Waals surface area contributed by atoms with Crippen LogP contribution in [0.1, 0.15) is 25.0 Å². The number of methoxy groups -OCH3 is 1. The number of aliphatic hydroxyl groups is 1. The Morgan fingerprint density at radius 2 is 1.88 bits per heavy atom. The van der Waals surface area contributed by atoms with Crippen LogP contribution in [0, 0.1) is 0 Å². The third-order valence-corrected chi connectivity index (χ3v) is 2.73. The van der Waals surface area contributed by atoms with Gasteiger partial charge in [-0.2, -0.15) is 0 Å². The van der Waals surface area contributed by atoms with Crippen LogP contribution in [0.25, 0.3) is 0 Å². The highest BCUT2D eigenvalue weighted by molar-refractivity contribution is 5.54. The second-order valence-electron chi connectivity index (χ2n) is 4.62. The van der Waals surface area contributed by atoms with Crippen LogP contribution in [0.4, 0.5) is 0 Å². The smallest absolute Gasteiger partial charge is 0.167 e. The maximum atomic E-state index is 10.1. The highest BCUT2D eigenvalue weighted by atomic mass is 16.6. The van der Waals surface area contributed by atoms with Gasteiger partial charge in [-0.05, 0) is 13.8 Å². The summed E-state index contributed by atoms with van der Waals surface area (Å²) >= 11 is 0. The highest BCUT2D eigenvalue weighted by Crippen LogP contribution is 2.41. The maximum absolute atomic E-state index is 10.1. The van der Waals surface area contributed by atoms with Gasteiger partial charge in [-0.3, -0.25) is 0 Å². The number of benzene rings is 1. The first kappa shape index (κ1) is 12.2. The van der Waals surface area contributed by atoms with Crippen molar-refractivity contribution in [2.24, 2.45) is 0 Å². The molecule has 0 atom stereocenters. The van der Waals surface area contributed by atoms with Gasteiger partial charge in [-0.1, -0.05) is 12.1 Å². The van der Waals surface area contributed by atoms with E-state index < -0.39 is 5.60 Å². The van der Waals surface area contributed by atoms with Crippen LogP contribution in [-0.4, -0.2) is 25.4 Å². The lowest BCUT2D eigenvalue weighted by Gasteiger charge is -2.28. The molecule has 4 heteroatoms. The summed E-state index contributed by atoms with van der Waals surface area (Å²) in [6.45, 7) is 4.97. The summed E-state index contributed by atoms with van der Waals surface area (Å²) in [5.74, 6) is 1.33. The summed E-state index contributed by atoms with van der Waals surface area (Å²) in [6, 6.07) is 3.77. The molecule has 0 aromatic heterocycles. The fourth-order valence-corrected chi connectivity index (χ4v) is 1.94. The first-order valence-electron chi connectivity index (χ1n) is 5.67. The predicted octanol–water partition coefficient (Wildman–Crippen LogP) is 1.83. The Labute approximate surface area is 101 Å². The van der Waals surface area contributed by atoms with Crippen LogP contribution in [0.2, 0.25) is 0 Å². The maximum Gasteiger partial charge on any atom is 0.167 e. The number of hydrogen-bond donors (Lipinski definition) is 1. The van der Waals surface area contributed by atoms with Crippen molar-refractivity contribution in [2.75, 3.05) is 20.3 Å². The van der Waals surface area contributed by atoms with Gasteiger partial charge in [0.25, 0.3) is 0 Å². The average molecular weight is 238 g/mol. The Hall–Kier alpha value is -1.26. The molecule has 0 bridgehead atoms. The van der Waals surface area contributed by atoms with Crippen molar-refractivity contribution in [1.82, 2.24) is 0 Å². The lowest BCUT2D eigenvalue weighted by atomic mass is 9.95. The molecular formula is C13H18O4. The molecule has 0 aliphatic carbocycles. The monoisotopic (exact) mass is 238 g/mol. The van der Waals surface area contributed by atoms with E-state index >= 15 is 0 Å². The Balaban J connectivity index is 2.51. The molecule has 0 saturated heterocycles. The van der Waals surface area contributed by atoms with Gasteiger partial charge < -0.3 is 19.3 Å². The van der Waals surface area contributed by atoms with Crippen LogP contribution in [0.15, 0.2) is 12.1 Å². The van der Waals surface area contributed by atoms with E-state index in [9.17, 15) is 5.11 Å². The molecule has 94 valence electrons. The molecule has 1 aromatic rings. The van der Waals surface area contributed by atoms with Crippen LogP contribution in [0.3, 0.4) is 0 Å². The molecule has 1 N–H and O–H groups in total. The molecule has 0 amide bonds. The molecule has 1 aromatic carbocycles. The van der Waals surface area contributed by atoms with E-state index in [1.807, 2.05) is 12.1 Å². The van der Waals surface area contributed by atoms with E-state index in [0.29, 0.717) is 31.3 Å². The quantitative estimate of drug-likeness (QED) is 0.872. The van der Waals surface area contributed by atoms with Gasteiger partial charge in [0.15, 0.2) is 11.5 Å². The van der Waals surface area contributed by atoms with Crippen molar-refractivity contribution in [3.8, 4) is 11.5 Å². The number of fused-ring (bicyclic) bond motifs is 1. The second-order valence-corrected chi connectivity index (χ2v) is 4.62. The van der Waals surface area contributed by atoms with E-state index in [1.54, 1.807) is 21.0 Å². The van der Waals surface area contributed by atoms with Crippen molar-refractivity contribution in [2.45, 2.75) is 26.1 Å². The fourth-order valence-electron chi connectivity index (χ4n) is 1.94. The van der Waals surface area contributed by atoms with Crippen LogP contribution in [-0.2, 0) is 16.9 Å². The van der Waals surface area contributed by atoms with Crippen molar-refractivity contribution >= 4 is 0 Å². The summed E-state index contributed by atoms with van der Waals surface area (Å²) in [4.78, 5) is 0. The van der Waals surface area contributed by atoms with Crippen LogP contribution < -0.4 is 9.47 Å². The second kappa shape index (κ2) is 4.55. The molecule has 1 heterocycles. The van der Waals surface area contributed by atoms with Gasteiger partial charge in [-0.25, -0.2) is 0 Å². The minimum Gasteiger partial charge on any atom is -0.486 e. The van der Waals surface area contributed by atoms with E-state index in [2.05, 4.69) is 0 Å². The number of ether oxygens (including phenoxy) is 3. The van der Waals surface area contributed by atoms with Crippen molar-refractivity contribution < 1.29 is 19.3 Å². The summed E-state index contributed by atoms with van der Waals surface area (Å²) in [5.41, 5.74) is 0.735. The SMILES string of the molecule is COCc1ccc(C(C)(C)O)c2c1OCCO2. The molecule has 0 spiro atoms. The topological polar surface area (TPSA) is 47.9 Å². The first-order valence-corrected chi connectivity index (χ1v) is 5.67. The predicted molar refractivity (Wildman–Crippen MR) is 63.4 cm³/mol. The zero-order valence-corrected chi connectivity index (χ0v) is 10.4. The summed E-state index contributed by atoms with van der Waals surface area (Å²) in [5, 5.41) is 10.1. The molecule has 17 heavy (non-hydrogen) atoms. The highest BCUT2D eigenvalue weighted by Gasteiger charge is 2.27. The molecule has 0 fully saturated rings. The molecule has 0 saturated carbocycles. The summed E-state index contributed by atoms with van der Waals surface area (Å²) in [6.07, 6.45) is 0.